The van der Waals surface area contributed by atoms with E-state index in [-0.39, 0.29) is 5.56 Å². The van der Waals surface area contributed by atoms with Gasteiger partial charge in [0.2, 0.25) is 0 Å². The van der Waals surface area contributed by atoms with E-state index in [1.165, 1.54) is 5.56 Å². The molecule has 0 saturated carbocycles. The topological polar surface area (TPSA) is 34.9 Å². The van der Waals surface area contributed by atoms with E-state index >= 15 is 0 Å². The molecule has 0 fully saturated rings. The lowest BCUT2D eigenvalue weighted by Crippen LogP contribution is -2.24. The zero-order valence-corrected chi connectivity index (χ0v) is 17.6. The van der Waals surface area contributed by atoms with Gasteiger partial charge in [-0.05, 0) is 64.9 Å². The Morgan fingerprint density at radius 1 is 0.964 bits per heavy atom. The second kappa shape index (κ2) is 8.10. The Labute approximate surface area is 177 Å². The van der Waals surface area contributed by atoms with Crippen molar-refractivity contribution in [3.05, 3.63) is 109 Å². The summed E-state index contributed by atoms with van der Waals surface area (Å²) in [6, 6.07) is 24.1. The summed E-state index contributed by atoms with van der Waals surface area (Å²) >= 11 is 2.23. The maximum absolute atomic E-state index is 13.2. The first-order valence-electron chi connectivity index (χ1n) is 9.09. The number of hydrogen-bond donors (Lipinski definition) is 0. The minimum Gasteiger partial charge on any atom is -0.288 e. The first-order valence-corrected chi connectivity index (χ1v) is 10.2. The van der Waals surface area contributed by atoms with Gasteiger partial charge >= 0.3 is 0 Å². The second-order valence-corrected chi connectivity index (χ2v) is 8.00. The number of nitrogens with zero attached hydrogens (tertiary/aromatic N) is 2. The first-order chi connectivity index (χ1) is 13.6. The van der Waals surface area contributed by atoms with Crippen molar-refractivity contribution < 1.29 is 0 Å². The standard InChI is InChI=1S/C24H19IN2O/c1-17-7-9-18(10-8-17)11-14-23-26-22-13-12-20(25)15-21(22)24(28)27(23)16-19-5-3-2-4-6-19/h2-15H,16H2,1H3/b14-11+. The number of benzene rings is 3. The van der Waals surface area contributed by atoms with Gasteiger partial charge in [-0.25, -0.2) is 4.98 Å². The third-order valence-electron chi connectivity index (χ3n) is 4.63. The van der Waals surface area contributed by atoms with Gasteiger partial charge in [0, 0.05) is 3.57 Å². The average Bonchev–Trinajstić information content (AvgIpc) is 2.71. The quantitative estimate of drug-likeness (QED) is 0.362. The molecule has 0 amide bonds. The van der Waals surface area contributed by atoms with Crippen molar-refractivity contribution >= 4 is 45.6 Å². The van der Waals surface area contributed by atoms with Crippen molar-refractivity contribution in [1.29, 1.82) is 0 Å². The van der Waals surface area contributed by atoms with E-state index in [1.54, 1.807) is 4.57 Å². The van der Waals surface area contributed by atoms with Gasteiger partial charge in [0.25, 0.3) is 5.56 Å². The molecule has 0 atom stereocenters. The molecule has 3 nitrogen and oxygen atoms in total. The fourth-order valence-electron chi connectivity index (χ4n) is 3.10. The van der Waals surface area contributed by atoms with Crippen molar-refractivity contribution in [2.75, 3.05) is 0 Å². The molecule has 0 N–H and O–H groups in total. The van der Waals surface area contributed by atoms with Crippen LogP contribution in [0.1, 0.15) is 22.5 Å². The summed E-state index contributed by atoms with van der Waals surface area (Å²) in [7, 11) is 0. The van der Waals surface area contributed by atoms with Crippen LogP contribution in [0.3, 0.4) is 0 Å². The predicted octanol–water partition coefficient (Wildman–Crippen LogP) is 5.53. The zero-order valence-electron chi connectivity index (χ0n) is 15.5. The van der Waals surface area contributed by atoms with Crippen molar-refractivity contribution in [3.63, 3.8) is 0 Å². The summed E-state index contributed by atoms with van der Waals surface area (Å²) < 4.78 is 2.77. The van der Waals surface area contributed by atoms with Crippen LogP contribution in [0.25, 0.3) is 23.1 Å². The molecule has 138 valence electrons. The van der Waals surface area contributed by atoms with Crippen LogP contribution in [-0.2, 0) is 6.54 Å². The Morgan fingerprint density at radius 3 is 2.46 bits per heavy atom. The summed E-state index contributed by atoms with van der Waals surface area (Å²) in [5, 5.41) is 0.648. The van der Waals surface area contributed by atoms with E-state index < -0.39 is 0 Å². The van der Waals surface area contributed by atoms with Gasteiger partial charge in [0.15, 0.2) is 0 Å². The number of rotatable bonds is 4. The van der Waals surface area contributed by atoms with E-state index in [2.05, 4.69) is 53.8 Å². The Kier molecular flexibility index (Phi) is 5.39. The Balaban J connectivity index is 1.85. The number of hydrogen-bond acceptors (Lipinski definition) is 2. The van der Waals surface area contributed by atoms with Crippen LogP contribution in [0.2, 0.25) is 0 Å². The lowest BCUT2D eigenvalue weighted by molar-refractivity contribution is 0.738. The molecule has 0 radical (unpaired) electrons. The summed E-state index contributed by atoms with van der Waals surface area (Å²) in [6.07, 6.45) is 3.92. The van der Waals surface area contributed by atoms with Gasteiger partial charge in [0.05, 0.1) is 17.4 Å². The number of fused-ring (bicyclic) bond motifs is 1. The van der Waals surface area contributed by atoms with E-state index in [4.69, 9.17) is 4.98 Å². The molecular weight excluding hydrogens is 459 g/mol. The van der Waals surface area contributed by atoms with Crippen LogP contribution < -0.4 is 5.56 Å². The van der Waals surface area contributed by atoms with Gasteiger partial charge in [0.1, 0.15) is 5.82 Å². The van der Waals surface area contributed by atoms with Crippen LogP contribution >= 0.6 is 22.6 Å². The number of aromatic nitrogens is 2. The Bertz CT molecular complexity index is 1210. The summed E-state index contributed by atoms with van der Waals surface area (Å²) in [4.78, 5) is 18.0. The maximum atomic E-state index is 13.2. The average molecular weight is 478 g/mol. The molecule has 0 saturated heterocycles. The van der Waals surface area contributed by atoms with Crippen molar-refractivity contribution in [3.8, 4) is 0 Å². The summed E-state index contributed by atoms with van der Waals surface area (Å²) in [6.45, 7) is 2.55. The van der Waals surface area contributed by atoms with Gasteiger partial charge in [-0.2, -0.15) is 0 Å². The predicted molar refractivity (Wildman–Crippen MR) is 124 cm³/mol. The lowest BCUT2D eigenvalue weighted by atomic mass is 10.1. The fraction of sp³-hybridized carbons (Fsp3) is 0.0833. The van der Waals surface area contributed by atoms with Crippen molar-refractivity contribution in [2.45, 2.75) is 13.5 Å². The van der Waals surface area contributed by atoms with Crippen LogP contribution in [0.4, 0.5) is 0 Å². The van der Waals surface area contributed by atoms with Crippen molar-refractivity contribution in [2.24, 2.45) is 0 Å². The SMILES string of the molecule is Cc1ccc(/C=C/c2nc3ccc(I)cc3c(=O)n2Cc2ccccc2)cc1. The summed E-state index contributed by atoms with van der Waals surface area (Å²) in [5.41, 5.74) is 4.07. The molecule has 0 aliphatic heterocycles. The molecule has 0 spiro atoms. The maximum Gasteiger partial charge on any atom is 0.261 e. The minimum absolute atomic E-state index is 0.0177. The van der Waals surface area contributed by atoms with Crippen LogP contribution in [-0.4, -0.2) is 9.55 Å². The minimum atomic E-state index is -0.0177. The Hall–Kier alpha value is -2.73. The van der Waals surface area contributed by atoms with Gasteiger partial charge in [-0.15, -0.1) is 0 Å². The van der Waals surface area contributed by atoms with Crippen LogP contribution in [0.15, 0.2) is 77.6 Å². The first kappa shape index (κ1) is 18.6. The van der Waals surface area contributed by atoms with Crippen molar-refractivity contribution in [1.82, 2.24) is 9.55 Å². The summed E-state index contributed by atoms with van der Waals surface area (Å²) in [5.74, 6) is 0.656. The van der Waals surface area contributed by atoms with E-state index in [0.717, 1.165) is 20.2 Å². The van der Waals surface area contributed by atoms with E-state index in [0.29, 0.717) is 17.8 Å². The largest absolute Gasteiger partial charge is 0.288 e. The smallest absolute Gasteiger partial charge is 0.261 e. The highest BCUT2D eigenvalue weighted by molar-refractivity contribution is 14.1. The molecular formula is C24H19IN2O. The third-order valence-corrected chi connectivity index (χ3v) is 5.30. The molecule has 4 heteroatoms. The normalized spacial score (nSPS) is 11.4. The molecule has 1 aromatic heterocycles. The highest BCUT2D eigenvalue weighted by Gasteiger charge is 2.10. The molecule has 0 unspecified atom stereocenters. The Morgan fingerprint density at radius 2 is 1.71 bits per heavy atom. The molecule has 3 aromatic carbocycles. The van der Waals surface area contributed by atoms with Gasteiger partial charge in [-0.1, -0.05) is 66.2 Å². The zero-order chi connectivity index (χ0) is 19.5. The molecule has 0 aliphatic carbocycles. The molecule has 28 heavy (non-hydrogen) atoms. The number of halogens is 1. The third kappa shape index (κ3) is 4.07. The van der Waals surface area contributed by atoms with Gasteiger partial charge < -0.3 is 0 Å². The molecule has 4 rings (SSSR count). The highest BCUT2D eigenvalue weighted by atomic mass is 127. The monoisotopic (exact) mass is 478 g/mol. The number of aryl methyl sites for hydroxylation is 1. The van der Waals surface area contributed by atoms with Crippen LogP contribution in [0.5, 0.6) is 0 Å². The molecule has 1 heterocycles. The molecule has 0 aliphatic rings. The second-order valence-electron chi connectivity index (χ2n) is 6.75. The van der Waals surface area contributed by atoms with Gasteiger partial charge in [-0.3, -0.25) is 9.36 Å². The van der Waals surface area contributed by atoms with E-state index in [9.17, 15) is 4.79 Å². The highest BCUT2D eigenvalue weighted by Crippen LogP contribution is 2.16. The van der Waals surface area contributed by atoms with E-state index in [1.807, 2.05) is 60.7 Å². The molecule has 4 aromatic rings. The fourth-order valence-corrected chi connectivity index (χ4v) is 3.60. The lowest BCUT2D eigenvalue weighted by Gasteiger charge is -2.12. The molecule has 0 bridgehead atoms. The van der Waals surface area contributed by atoms with Crippen LogP contribution in [0, 0.1) is 10.5 Å².